The van der Waals surface area contributed by atoms with Gasteiger partial charge in [-0.15, -0.1) is 11.8 Å². The normalized spacial score (nSPS) is 29.9. The Morgan fingerprint density at radius 2 is 1.66 bits per heavy atom. The fourth-order valence-corrected chi connectivity index (χ4v) is 10.6. The zero-order valence-electron chi connectivity index (χ0n) is 22.8. The van der Waals surface area contributed by atoms with Gasteiger partial charge in [0.1, 0.15) is 12.4 Å². The maximum Gasteiger partial charge on any atom is 0.305 e. The van der Waals surface area contributed by atoms with Crippen LogP contribution in [0.3, 0.4) is 0 Å². The van der Waals surface area contributed by atoms with Crippen LogP contribution in [0.1, 0.15) is 49.1 Å². The van der Waals surface area contributed by atoms with Crippen LogP contribution in [0.5, 0.6) is 0 Å². The minimum absolute atomic E-state index is 0.00508. The largest absolute Gasteiger partial charge is 0.325 e. The number of H-pyrrole nitrogens is 1. The van der Waals surface area contributed by atoms with Crippen LogP contribution >= 0.6 is 23.1 Å². The number of aromatic amines is 1. The molecule has 3 amide bonds. The first-order valence-corrected chi connectivity index (χ1v) is 15.6. The lowest BCUT2D eigenvalue weighted by atomic mass is 9.68. The van der Waals surface area contributed by atoms with Gasteiger partial charge < -0.3 is 10.3 Å². The Kier molecular flexibility index (Phi) is 6.10. The van der Waals surface area contributed by atoms with Gasteiger partial charge in [-0.1, -0.05) is 56.4 Å². The Morgan fingerprint density at radius 1 is 1.00 bits per heavy atom. The van der Waals surface area contributed by atoms with Crippen LogP contribution in [0.2, 0.25) is 0 Å². The van der Waals surface area contributed by atoms with E-state index in [-0.39, 0.29) is 57.6 Å². The third-order valence-corrected chi connectivity index (χ3v) is 12.0. The van der Waals surface area contributed by atoms with Crippen molar-refractivity contribution >= 4 is 46.5 Å². The number of thioether (sulfide) groups is 1. The first kappa shape index (κ1) is 26.6. The van der Waals surface area contributed by atoms with Gasteiger partial charge in [0.2, 0.25) is 17.7 Å². The van der Waals surface area contributed by atoms with E-state index in [2.05, 4.69) is 55.3 Å². The second-order valence-electron chi connectivity index (χ2n) is 12.7. The van der Waals surface area contributed by atoms with Gasteiger partial charge in [0.15, 0.2) is 0 Å². The van der Waals surface area contributed by atoms with Crippen LogP contribution in [0.25, 0.3) is 0 Å². The predicted octanol–water partition coefficient (Wildman–Crippen LogP) is 4.99. The van der Waals surface area contributed by atoms with E-state index in [0.717, 1.165) is 26.8 Å². The lowest BCUT2D eigenvalue weighted by molar-refractivity contribution is -0.143. The topological polar surface area (TPSA) is 99.3 Å². The monoisotopic (exact) mass is 591 g/mol. The van der Waals surface area contributed by atoms with Crippen molar-refractivity contribution in [2.45, 2.75) is 48.8 Å². The molecule has 2 aromatic carbocycles. The molecule has 3 fully saturated rings. The van der Waals surface area contributed by atoms with Crippen molar-refractivity contribution in [3.8, 4) is 0 Å². The number of rotatable bonds is 4. The quantitative estimate of drug-likeness (QED) is 0.417. The summed E-state index contributed by atoms with van der Waals surface area (Å²) in [6.07, 6.45) is 0.792. The van der Waals surface area contributed by atoms with Crippen LogP contribution in [0.15, 0.2) is 58.4 Å². The summed E-state index contributed by atoms with van der Waals surface area (Å²) in [6, 6.07) is 14.0. The number of amides is 3. The number of nitrogens with zero attached hydrogens (tertiary/aromatic N) is 1. The molecule has 7 rings (SSSR count). The Labute approximate surface area is 244 Å². The number of carbonyl (C=O) groups excluding carboxylic acids is 3. The molecule has 6 unspecified atom stereocenters. The van der Waals surface area contributed by atoms with Gasteiger partial charge in [0, 0.05) is 21.7 Å². The third kappa shape index (κ3) is 4.21. The average molecular weight is 592 g/mol. The summed E-state index contributed by atoms with van der Waals surface area (Å²) in [7, 11) is 0. The highest BCUT2D eigenvalue weighted by molar-refractivity contribution is 8.00. The van der Waals surface area contributed by atoms with Crippen LogP contribution in [-0.2, 0) is 19.8 Å². The molecule has 7 atom stereocenters. The average Bonchev–Trinajstić information content (AvgIpc) is 3.65. The maximum atomic E-state index is 13.8. The minimum Gasteiger partial charge on any atom is -0.325 e. The summed E-state index contributed by atoms with van der Waals surface area (Å²) in [6.45, 7) is 6.17. The number of anilines is 1. The van der Waals surface area contributed by atoms with Gasteiger partial charge >= 0.3 is 4.87 Å². The zero-order chi connectivity index (χ0) is 28.8. The Hall–Kier alpha value is -3.24. The molecule has 0 spiro atoms. The molecule has 2 saturated carbocycles. The number of fused-ring (bicyclic) bond motifs is 9. The predicted molar refractivity (Wildman–Crippen MR) is 155 cm³/mol. The number of aromatic nitrogens is 1. The van der Waals surface area contributed by atoms with E-state index in [9.17, 15) is 23.6 Å². The van der Waals surface area contributed by atoms with E-state index in [4.69, 9.17) is 0 Å². The molecule has 1 aromatic heterocycles. The molecule has 4 aliphatic rings. The van der Waals surface area contributed by atoms with E-state index < -0.39 is 23.6 Å². The van der Waals surface area contributed by atoms with Gasteiger partial charge in [0.25, 0.3) is 0 Å². The molecule has 1 saturated heterocycles. The summed E-state index contributed by atoms with van der Waals surface area (Å²) < 4.78 is 13.2. The van der Waals surface area contributed by atoms with Crippen molar-refractivity contribution in [2.75, 3.05) is 11.9 Å². The van der Waals surface area contributed by atoms with Crippen LogP contribution in [0.4, 0.5) is 10.1 Å². The van der Waals surface area contributed by atoms with Crippen molar-refractivity contribution in [3.63, 3.8) is 0 Å². The summed E-state index contributed by atoms with van der Waals surface area (Å²) >= 11 is 2.90. The van der Waals surface area contributed by atoms with E-state index in [0.29, 0.717) is 5.69 Å². The van der Waals surface area contributed by atoms with Crippen LogP contribution in [0, 0.1) is 35.4 Å². The molecule has 212 valence electrons. The number of hydrogen-bond acceptors (Lipinski definition) is 6. The summed E-state index contributed by atoms with van der Waals surface area (Å²) in [5.41, 5.74) is 2.76. The molecular weight excluding hydrogens is 561 g/mol. The number of carbonyl (C=O) groups is 3. The van der Waals surface area contributed by atoms with Gasteiger partial charge in [0.05, 0.1) is 16.9 Å². The first-order valence-electron chi connectivity index (χ1n) is 13.9. The highest BCUT2D eigenvalue weighted by Gasteiger charge is 2.69. The van der Waals surface area contributed by atoms with Gasteiger partial charge in [-0.25, -0.2) is 4.39 Å². The molecular formula is C31H30FN3O4S2. The molecule has 3 heterocycles. The molecule has 7 nitrogen and oxygen atoms in total. The van der Waals surface area contributed by atoms with Crippen LogP contribution in [-0.4, -0.2) is 39.4 Å². The number of hydrogen-bond donors (Lipinski definition) is 2. The Bertz CT molecular complexity index is 1620. The highest BCUT2D eigenvalue weighted by atomic mass is 32.2. The third-order valence-electron chi connectivity index (χ3n) is 9.38. The SMILES string of the molecule is CC(C)(C)c1ccc([C@H]2c3sc(=O)[nH]c3SC3C4CC(C5C(=O)N(CC(=O)Nc6ccc(F)cc6)C(=O)C45)C32)cc1. The van der Waals surface area contributed by atoms with E-state index in [1.807, 2.05) is 0 Å². The molecule has 41 heavy (non-hydrogen) atoms. The molecule has 0 radical (unpaired) electrons. The second-order valence-corrected chi connectivity index (χ2v) is 14.9. The van der Waals surface area contributed by atoms with Crippen molar-refractivity contribution < 1.29 is 18.8 Å². The van der Waals surface area contributed by atoms with E-state index >= 15 is 0 Å². The fraction of sp³-hybridized carbons (Fsp3) is 0.419. The van der Waals surface area contributed by atoms with Crippen molar-refractivity contribution in [1.29, 1.82) is 0 Å². The Morgan fingerprint density at radius 3 is 2.32 bits per heavy atom. The minimum atomic E-state index is -0.492. The highest BCUT2D eigenvalue weighted by Crippen LogP contribution is 2.68. The number of thiazole rings is 1. The summed E-state index contributed by atoms with van der Waals surface area (Å²) in [5, 5.41) is 3.63. The number of benzene rings is 2. The molecule has 3 aromatic rings. The summed E-state index contributed by atoms with van der Waals surface area (Å²) in [4.78, 5) is 57.8. The van der Waals surface area contributed by atoms with Gasteiger partial charge in [-0.3, -0.25) is 24.1 Å². The standard InChI is InChI=1S/C31H30FN3O4S2/c1-31(2,3)15-6-4-14(5-7-15)21-22-18-12-19(25(22)40-27-26(21)41-30(39)34-27)24-23(18)28(37)35(29(24)38)13-20(36)33-17-10-8-16(32)9-11-17/h4-11,18-19,21-25H,12-13H2,1-3H3,(H,33,36)(H,34,39)/t18?,19?,21-,22?,23?,24?,25?/m1/s1. The van der Waals surface area contributed by atoms with Crippen LogP contribution < -0.4 is 10.2 Å². The lowest BCUT2D eigenvalue weighted by Gasteiger charge is -2.43. The Balaban J connectivity index is 1.19. The van der Waals surface area contributed by atoms with Gasteiger partial charge in [-0.2, -0.15) is 0 Å². The molecule has 2 aliphatic heterocycles. The number of likely N-dealkylation sites (tertiary alicyclic amines) is 1. The smallest absolute Gasteiger partial charge is 0.305 e. The number of nitrogens with one attached hydrogen (secondary N) is 2. The lowest BCUT2D eigenvalue weighted by Crippen LogP contribution is -2.42. The van der Waals surface area contributed by atoms with E-state index in [1.165, 1.54) is 41.2 Å². The summed E-state index contributed by atoms with van der Waals surface area (Å²) in [5.74, 6) is -2.32. The fourth-order valence-electron chi connectivity index (χ4n) is 7.68. The molecule has 10 heteroatoms. The number of halogens is 1. The molecule has 2 N–H and O–H groups in total. The zero-order valence-corrected chi connectivity index (χ0v) is 24.5. The van der Waals surface area contributed by atoms with Crippen molar-refractivity contribution in [3.05, 3.63) is 80.0 Å². The van der Waals surface area contributed by atoms with Gasteiger partial charge in [-0.05, 0) is 65.0 Å². The molecule has 2 aliphatic carbocycles. The second kappa shape index (κ2) is 9.39. The van der Waals surface area contributed by atoms with Crippen molar-refractivity contribution in [1.82, 2.24) is 9.88 Å². The van der Waals surface area contributed by atoms with Crippen molar-refractivity contribution in [2.24, 2.45) is 29.6 Å². The molecule has 2 bridgehead atoms. The maximum absolute atomic E-state index is 13.8. The number of imide groups is 1. The van der Waals surface area contributed by atoms with E-state index in [1.54, 1.807) is 11.8 Å². The first-order chi connectivity index (χ1) is 19.5.